The molecule has 90 valence electrons. The standard InChI is InChI=1S/C15H24O/c1-3-4-5-9-12-16-14(2)13-15-10-7-6-8-11-15/h6-8,10-11,14H,3-5,9,12-13H2,1-2H3/t14-/m1/s1. The first kappa shape index (κ1) is 13.2. The fourth-order valence-electron chi connectivity index (χ4n) is 1.82. The summed E-state index contributed by atoms with van der Waals surface area (Å²) in [6.07, 6.45) is 6.48. The lowest BCUT2D eigenvalue weighted by atomic mass is 10.1. The van der Waals surface area contributed by atoms with Crippen LogP contribution >= 0.6 is 0 Å². The summed E-state index contributed by atoms with van der Waals surface area (Å²) >= 11 is 0. The molecular formula is C15H24O. The Morgan fingerprint density at radius 1 is 1.06 bits per heavy atom. The van der Waals surface area contributed by atoms with Crippen LogP contribution < -0.4 is 0 Å². The topological polar surface area (TPSA) is 9.23 Å². The lowest BCUT2D eigenvalue weighted by Crippen LogP contribution is -2.12. The van der Waals surface area contributed by atoms with E-state index in [0.29, 0.717) is 6.10 Å². The van der Waals surface area contributed by atoms with Gasteiger partial charge in [0.25, 0.3) is 0 Å². The number of hydrogen-bond donors (Lipinski definition) is 0. The molecule has 1 aromatic carbocycles. The SMILES string of the molecule is CCCCCCO[C@H](C)Cc1ccccc1. The highest BCUT2D eigenvalue weighted by molar-refractivity contribution is 5.15. The van der Waals surface area contributed by atoms with E-state index in [9.17, 15) is 0 Å². The first-order valence-corrected chi connectivity index (χ1v) is 6.48. The molecular weight excluding hydrogens is 196 g/mol. The van der Waals surface area contributed by atoms with E-state index in [1.807, 2.05) is 0 Å². The van der Waals surface area contributed by atoms with E-state index in [4.69, 9.17) is 4.74 Å². The summed E-state index contributed by atoms with van der Waals surface area (Å²) < 4.78 is 5.79. The quantitative estimate of drug-likeness (QED) is 0.596. The van der Waals surface area contributed by atoms with E-state index in [-0.39, 0.29) is 0 Å². The molecule has 0 radical (unpaired) electrons. The molecule has 0 saturated carbocycles. The van der Waals surface area contributed by atoms with Gasteiger partial charge >= 0.3 is 0 Å². The van der Waals surface area contributed by atoms with Gasteiger partial charge in [0.05, 0.1) is 6.10 Å². The van der Waals surface area contributed by atoms with Gasteiger partial charge in [-0.1, -0.05) is 56.5 Å². The molecule has 0 saturated heterocycles. The molecule has 1 rings (SSSR count). The second-order valence-electron chi connectivity index (χ2n) is 4.43. The lowest BCUT2D eigenvalue weighted by molar-refractivity contribution is 0.0635. The third kappa shape index (κ3) is 5.92. The molecule has 0 spiro atoms. The highest BCUT2D eigenvalue weighted by Crippen LogP contribution is 2.07. The van der Waals surface area contributed by atoms with Gasteiger partial charge < -0.3 is 4.74 Å². The van der Waals surface area contributed by atoms with Crippen LogP contribution in [-0.4, -0.2) is 12.7 Å². The molecule has 0 unspecified atom stereocenters. The zero-order valence-corrected chi connectivity index (χ0v) is 10.6. The average Bonchev–Trinajstić information content (AvgIpc) is 2.30. The van der Waals surface area contributed by atoms with Crippen molar-refractivity contribution in [3.63, 3.8) is 0 Å². The molecule has 0 N–H and O–H groups in total. The van der Waals surface area contributed by atoms with Gasteiger partial charge in [-0.15, -0.1) is 0 Å². The van der Waals surface area contributed by atoms with Crippen LogP contribution in [0.15, 0.2) is 30.3 Å². The Kier molecular flexibility index (Phi) is 6.91. The van der Waals surface area contributed by atoms with Gasteiger partial charge in [0, 0.05) is 6.61 Å². The first-order chi connectivity index (χ1) is 7.83. The summed E-state index contributed by atoms with van der Waals surface area (Å²) in [7, 11) is 0. The maximum Gasteiger partial charge on any atom is 0.0587 e. The fraction of sp³-hybridized carbons (Fsp3) is 0.600. The average molecular weight is 220 g/mol. The van der Waals surface area contributed by atoms with Crippen LogP contribution in [0.5, 0.6) is 0 Å². The van der Waals surface area contributed by atoms with Crippen molar-refractivity contribution in [2.45, 2.75) is 52.1 Å². The number of rotatable bonds is 8. The Labute approximate surface area is 99.8 Å². The monoisotopic (exact) mass is 220 g/mol. The van der Waals surface area contributed by atoms with Crippen molar-refractivity contribution in [1.29, 1.82) is 0 Å². The Balaban J connectivity index is 2.09. The van der Waals surface area contributed by atoms with Crippen LogP contribution in [-0.2, 0) is 11.2 Å². The smallest absolute Gasteiger partial charge is 0.0587 e. The maximum absolute atomic E-state index is 5.79. The Bertz CT molecular complexity index is 255. The molecule has 1 nitrogen and oxygen atoms in total. The number of unbranched alkanes of at least 4 members (excludes halogenated alkanes) is 3. The molecule has 0 aliphatic rings. The van der Waals surface area contributed by atoms with E-state index >= 15 is 0 Å². The van der Waals surface area contributed by atoms with E-state index < -0.39 is 0 Å². The van der Waals surface area contributed by atoms with Gasteiger partial charge in [0.1, 0.15) is 0 Å². The highest BCUT2D eigenvalue weighted by atomic mass is 16.5. The zero-order chi connectivity index (χ0) is 11.6. The second-order valence-corrected chi connectivity index (χ2v) is 4.43. The molecule has 0 fully saturated rings. The molecule has 1 atom stereocenters. The predicted molar refractivity (Wildman–Crippen MR) is 69.7 cm³/mol. The Hall–Kier alpha value is -0.820. The molecule has 1 aromatic rings. The van der Waals surface area contributed by atoms with Crippen molar-refractivity contribution in [3.05, 3.63) is 35.9 Å². The molecule has 0 heterocycles. The van der Waals surface area contributed by atoms with Crippen LogP contribution in [0.2, 0.25) is 0 Å². The van der Waals surface area contributed by atoms with Crippen LogP contribution in [0.4, 0.5) is 0 Å². The highest BCUT2D eigenvalue weighted by Gasteiger charge is 2.02. The van der Waals surface area contributed by atoms with Crippen molar-refractivity contribution >= 4 is 0 Å². The zero-order valence-electron chi connectivity index (χ0n) is 10.6. The van der Waals surface area contributed by atoms with E-state index in [2.05, 4.69) is 44.2 Å². The molecule has 0 amide bonds. The van der Waals surface area contributed by atoms with Gasteiger partial charge in [0.15, 0.2) is 0 Å². The van der Waals surface area contributed by atoms with Crippen molar-refractivity contribution in [1.82, 2.24) is 0 Å². The maximum atomic E-state index is 5.79. The minimum absolute atomic E-state index is 0.337. The van der Waals surface area contributed by atoms with E-state index in [0.717, 1.165) is 13.0 Å². The van der Waals surface area contributed by atoms with Gasteiger partial charge in [-0.3, -0.25) is 0 Å². The minimum atomic E-state index is 0.337. The minimum Gasteiger partial charge on any atom is -0.378 e. The van der Waals surface area contributed by atoms with Crippen molar-refractivity contribution in [2.24, 2.45) is 0 Å². The first-order valence-electron chi connectivity index (χ1n) is 6.48. The molecule has 16 heavy (non-hydrogen) atoms. The number of benzene rings is 1. The molecule has 0 aliphatic carbocycles. The second kappa shape index (κ2) is 8.35. The fourth-order valence-corrected chi connectivity index (χ4v) is 1.82. The summed E-state index contributed by atoms with van der Waals surface area (Å²) in [4.78, 5) is 0. The predicted octanol–water partition coefficient (Wildman–Crippen LogP) is 4.21. The third-order valence-corrected chi connectivity index (χ3v) is 2.77. The third-order valence-electron chi connectivity index (χ3n) is 2.77. The van der Waals surface area contributed by atoms with Gasteiger partial charge in [-0.25, -0.2) is 0 Å². The van der Waals surface area contributed by atoms with Crippen molar-refractivity contribution in [2.75, 3.05) is 6.61 Å². The molecule has 0 aromatic heterocycles. The Morgan fingerprint density at radius 2 is 1.81 bits per heavy atom. The largest absolute Gasteiger partial charge is 0.378 e. The van der Waals surface area contributed by atoms with Gasteiger partial charge in [0.2, 0.25) is 0 Å². The van der Waals surface area contributed by atoms with Crippen LogP contribution in [0.25, 0.3) is 0 Å². The van der Waals surface area contributed by atoms with Crippen LogP contribution in [0.1, 0.15) is 45.1 Å². The number of hydrogen-bond acceptors (Lipinski definition) is 1. The van der Waals surface area contributed by atoms with Gasteiger partial charge in [-0.2, -0.15) is 0 Å². The van der Waals surface area contributed by atoms with E-state index in [1.54, 1.807) is 0 Å². The molecule has 1 heteroatoms. The van der Waals surface area contributed by atoms with Crippen molar-refractivity contribution < 1.29 is 4.74 Å². The summed E-state index contributed by atoms with van der Waals surface area (Å²) in [5.41, 5.74) is 1.36. The number of ether oxygens (including phenoxy) is 1. The van der Waals surface area contributed by atoms with Gasteiger partial charge in [-0.05, 0) is 25.3 Å². The summed E-state index contributed by atoms with van der Waals surface area (Å²) in [6, 6.07) is 10.6. The lowest BCUT2D eigenvalue weighted by Gasteiger charge is -2.12. The molecule has 0 bridgehead atoms. The van der Waals surface area contributed by atoms with Crippen LogP contribution in [0.3, 0.4) is 0 Å². The summed E-state index contributed by atoms with van der Waals surface area (Å²) in [5.74, 6) is 0. The normalized spacial score (nSPS) is 12.6. The van der Waals surface area contributed by atoms with Crippen molar-refractivity contribution in [3.8, 4) is 0 Å². The summed E-state index contributed by atoms with van der Waals surface area (Å²) in [6.45, 7) is 5.31. The van der Waals surface area contributed by atoms with E-state index in [1.165, 1.54) is 31.2 Å². The summed E-state index contributed by atoms with van der Waals surface area (Å²) in [5, 5.41) is 0. The Morgan fingerprint density at radius 3 is 2.50 bits per heavy atom. The van der Waals surface area contributed by atoms with Crippen LogP contribution in [0, 0.1) is 0 Å². The molecule has 0 aliphatic heterocycles.